The molecule has 98 valence electrons. The normalized spacial score (nSPS) is 19.6. The molecule has 1 atom stereocenters. The highest BCUT2D eigenvalue weighted by Crippen LogP contribution is 2.18. The second-order valence-electron chi connectivity index (χ2n) is 5.03. The van der Waals surface area contributed by atoms with Crippen LogP contribution in [0.25, 0.3) is 0 Å². The first-order valence-electron chi connectivity index (χ1n) is 6.82. The van der Waals surface area contributed by atoms with Gasteiger partial charge in [0.15, 0.2) is 0 Å². The van der Waals surface area contributed by atoms with Crippen LogP contribution in [0.1, 0.15) is 30.9 Å². The highest BCUT2D eigenvalue weighted by Gasteiger charge is 2.20. The van der Waals surface area contributed by atoms with E-state index >= 15 is 0 Å². The summed E-state index contributed by atoms with van der Waals surface area (Å²) in [5.74, 6) is 0.262. The molecule has 1 heterocycles. The van der Waals surface area contributed by atoms with E-state index in [9.17, 15) is 4.79 Å². The molecule has 3 nitrogen and oxygen atoms in total. The molecule has 0 radical (unpaired) electrons. The lowest BCUT2D eigenvalue weighted by atomic mass is 9.98. The molecule has 1 amide bonds. The largest absolute Gasteiger partial charge is 0.326 e. The second-order valence-corrected chi connectivity index (χ2v) is 5.03. The van der Waals surface area contributed by atoms with Crippen molar-refractivity contribution >= 4 is 11.6 Å². The number of rotatable bonds is 3. The Bertz CT molecular complexity index is 423. The van der Waals surface area contributed by atoms with Crippen molar-refractivity contribution in [2.45, 2.75) is 33.1 Å². The zero-order chi connectivity index (χ0) is 13.0. The first-order valence-corrected chi connectivity index (χ1v) is 6.82. The number of piperidine rings is 1. The van der Waals surface area contributed by atoms with Crippen LogP contribution in [0.5, 0.6) is 0 Å². The zero-order valence-corrected chi connectivity index (χ0v) is 11.3. The van der Waals surface area contributed by atoms with Crippen molar-refractivity contribution in [3.8, 4) is 0 Å². The Kier molecular flexibility index (Phi) is 4.37. The van der Waals surface area contributed by atoms with E-state index in [4.69, 9.17) is 0 Å². The lowest BCUT2D eigenvalue weighted by Crippen LogP contribution is -2.37. The van der Waals surface area contributed by atoms with Crippen LogP contribution in [-0.2, 0) is 11.2 Å². The summed E-state index contributed by atoms with van der Waals surface area (Å²) in [4.78, 5) is 12.1. The number of nitrogens with one attached hydrogen (secondary N) is 2. The summed E-state index contributed by atoms with van der Waals surface area (Å²) in [5.41, 5.74) is 3.51. The lowest BCUT2D eigenvalue weighted by Gasteiger charge is -2.22. The smallest absolute Gasteiger partial charge is 0.228 e. The third kappa shape index (κ3) is 3.10. The van der Waals surface area contributed by atoms with Gasteiger partial charge in [0.25, 0.3) is 0 Å². The van der Waals surface area contributed by atoms with E-state index in [1.165, 1.54) is 11.1 Å². The van der Waals surface area contributed by atoms with Gasteiger partial charge in [-0.05, 0) is 56.0 Å². The van der Waals surface area contributed by atoms with Gasteiger partial charge in [-0.2, -0.15) is 0 Å². The zero-order valence-electron chi connectivity index (χ0n) is 11.3. The maximum atomic E-state index is 12.1. The fourth-order valence-corrected chi connectivity index (χ4v) is 2.45. The summed E-state index contributed by atoms with van der Waals surface area (Å²) < 4.78 is 0. The van der Waals surface area contributed by atoms with Crippen molar-refractivity contribution in [3.05, 3.63) is 29.3 Å². The van der Waals surface area contributed by atoms with E-state index < -0.39 is 0 Å². The monoisotopic (exact) mass is 246 g/mol. The van der Waals surface area contributed by atoms with Crippen LogP contribution in [0.4, 0.5) is 5.69 Å². The van der Waals surface area contributed by atoms with E-state index in [2.05, 4.69) is 36.6 Å². The minimum atomic E-state index is 0.116. The summed E-state index contributed by atoms with van der Waals surface area (Å²) in [6.07, 6.45) is 3.08. The van der Waals surface area contributed by atoms with Crippen LogP contribution in [0.2, 0.25) is 0 Å². The van der Waals surface area contributed by atoms with Crippen LogP contribution < -0.4 is 10.6 Å². The van der Waals surface area contributed by atoms with Crippen molar-refractivity contribution in [2.24, 2.45) is 5.92 Å². The predicted octanol–water partition coefficient (Wildman–Crippen LogP) is 2.50. The van der Waals surface area contributed by atoms with E-state index in [1.807, 2.05) is 6.07 Å². The SMILES string of the molecule is CCc1cc(NC(=O)[C@@H]2CCCNC2)ccc1C. The molecular weight excluding hydrogens is 224 g/mol. The van der Waals surface area contributed by atoms with Gasteiger partial charge in [0, 0.05) is 12.2 Å². The Labute approximate surface area is 109 Å². The Balaban J connectivity index is 2.02. The number of carbonyl (C=O) groups is 1. The topological polar surface area (TPSA) is 41.1 Å². The number of benzene rings is 1. The van der Waals surface area contributed by atoms with Crippen molar-refractivity contribution in [1.82, 2.24) is 5.32 Å². The molecular formula is C15H22N2O. The molecule has 1 fully saturated rings. The number of aryl methyl sites for hydroxylation is 2. The molecule has 18 heavy (non-hydrogen) atoms. The van der Waals surface area contributed by atoms with Gasteiger partial charge in [-0.25, -0.2) is 0 Å². The third-order valence-corrected chi connectivity index (χ3v) is 3.67. The highest BCUT2D eigenvalue weighted by atomic mass is 16.1. The summed E-state index contributed by atoms with van der Waals surface area (Å²) in [5, 5.41) is 6.31. The number of carbonyl (C=O) groups excluding carboxylic acids is 1. The first-order chi connectivity index (χ1) is 8.70. The van der Waals surface area contributed by atoms with Gasteiger partial charge in [0.1, 0.15) is 0 Å². The van der Waals surface area contributed by atoms with Gasteiger partial charge >= 0.3 is 0 Å². The van der Waals surface area contributed by atoms with Gasteiger partial charge in [-0.15, -0.1) is 0 Å². The van der Waals surface area contributed by atoms with Crippen molar-refractivity contribution in [3.63, 3.8) is 0 Å². The van der Waals surface area contributed by atoms with Gasteiger partial charge < -0.3 is 10.6 Å². The van der Waals surface area contributed by atoms with Crippen LogP contribution in [-0.4, -0.2) is 19.0 Å². The number of hydrogen-bond donors (Lipinski definition) is 2. The highest BCUT2D eigenvalue weighted by molar-refractivity contribution is 5.92. The minimum absolute atomic E-state index is 0.116. The molecule has 1 aliphatic rings. The van der Waals surface area contributed by atoms with Gasteiger partial charge in [0.05, 0.1) is 5.92 Å². The van der Waals surface area contributed by atoms with E-state index in [1.54, 1.807) is 0 Å². The van der Waals surface area contributed by atoms with Crippen LogP contribution in [0.3, 0.4) is 0 Å². The van der Waals surface area contributed by atoms with Crippen LogP contribution >= 0.6 is 0 Å². The quantitative estimate of drug-likeness (QED) is 0.860. The fourth-order valence-electron chi connectivity index (χ4n) is 2.45. The average molecular weight is 246 g/mol. The summed E-state index contributed by atoms with van der Waals surface area (Å²) in [6, 6.07) is 6.15. The van der Waals surface area contributed by atoms with E-state index in [-0.39, 0.29) is 11.8 Å². The first kappa shape index (κ1) is 13.1. The van der Waals surface area contributed by atoms with Crippen molar-refractivity contribution in [2.75, 3.05) is 18.4 Å². The molecule has 0 spiro atoms. The molecule has 2 rings (SSSR count). The van der Waals surface area contributed by atoms with Crippen LogP contribution in [0, 0.1) is 12.8 Å². The number of anilines is 1. The molecule has 0 saturated carbocycles. The molecule has 1 aromatic rings. The molecule has 2 N–H and O–H groups in total. The van der Waals surface area contributed by atoms with Crippen molar-refractivity contribution in [1.29, 1.82) is 0 Å². The summed E-state index contributed by atoms with van der Waals surface area (Å²) >= 11 is 0. The van der Waals surface area contributed by atoms with Crippen LogP contribution in [0.15, 0.2) is 18.2 Å². The Morgan fingerprint density at radius 3 is 3.00 bits per heavy atom. The van der Waals surface area contributed by atoms with Crippen molar-refractivity contribution < 1.29 is 4.79 Å². The molecule has 0 unspecified atom stereocenters. The molecule has 1 saturated heterocycles. The molecule has 0 aliphatic carbocycles. The minimum Gasteiger partial charge on any atom is -0.326 e. The van der Waals surface area contributed by atoms with E-state index in [0.717, 1.165) is 38.0 Å². The molecule has 1 aliphatic heterocycles. The molecule has 3 heteroatoms. The Morgan fingerprint density at radius 1 is 1.50 bits per heavy atom. The van der Waals surface area contributed by atoms with Gasteiger partial charge in [-0.1, -0.05) is 13.0 Å². The molecule has 1 aromatic carbocycles. The van der Waals surface area contributed by atoms with Gasteiger partial charge in [-0.3, -0.25) is 4.79 Å². The maximum Gasteiger partial charge on any atom is 0.228 e. The Hall–Kier alpha value is -1.35. The maximum absolute atomic E-state index is 12.1. The molecule has 0 bridgehead atoms. The van der Waals surface area contributed by atoms with Gasteiger partial charge in [0.2, 0.25) is 5.91 Å². The third-order valence-electron chi connectivity index (χ3n) is 3.67. The Morgan fingerprint density at radius 2 is 2.33 bits per heavy atom. The predicted molar refractivity (Wildman–Crippen MR) is 74.8 cm³/mol. The summed E-state index contributed by atoms with van der Waals surface area (Å²) in [7, 11) is 0. The average Bonchev–Trinajstić information content (AvgIpc) is 2.42. The second kappa shape index (κ2) is 6.01. The fraction of sp³-hybridized carbons (Fsp3) is 0.533. The summed E-state index contributed by atoms with van der Waals surface area (Å²) in [6.45, 7) is 6.08. The standard InChI is InChI=1S/C15H22N2O/c1-3-12-9-14(7-6-11(12)2)17-15(18)13-5-4-8-16-10-13/h6-7,9,13,16H,3-5,8,10H2,1-2H3,(H,17,18)/t13-/m1/s1. The van der Waals surface area contributed by atoms with E-state index in [0.29, 0.717) is 0 Å². The number of hydrogen-bond acceptors (Lipinski definition) is 2. The number of amides is 1. The molecule has 0 aromatic heterocycles. The lowest BCUT2D eigenvalue weighted by molar-refractivity contribution is -0.120.